The number of rotatable bonds is 6. The summed E-state index contributed by atoms with van der Waals surface area (Å²) in [6, 6.07) is 8.08. The number of nitrogens with zero attached hydrogens (tertiary/aromatic N) is 4. The van der Waals surface area contributed by atoms with Gasteiger partial charge in [0, 0.05) is 30.9 Å². The molecule has 0 bridgehead atoms. The third-order valence-electron chi connectivity index (χ3n) is 4.39. The lowest BCUT2D eigenvalue weighted by molar-refractivity contribution is -0.118. The van der Waals surface area contributed by atoms with Crippen LogP contribution in [0.4, 0.5) is 23.1 Å². The van der Waals surface area contributed by atoms with Crippen LogP contribution < -0.4 is 15.5 Å². The molecular weight excluding hydrogens is 330 g/mol. The fourth-order valence-corrected chi connectivity index (χ4v) is 2.69. The molecule has 0 atom stereocenters. The quantitative estimate of drug-likeness (QED) is 0.631. The third-order valence-corrected chi connectivity index (χ3v) is 4.39. The van der Waals surface area contributed by atoms with Gasteiger partial charge in [-0.2, -0.15) is 9.97 Å². The molecule has 8 heteroatoms. The van der Waals surface area contributed by atoms with Gasteiger partial charge in [0.1, 0.15) is 5.52 Å². The van der Waals surface area contributed by atoms with Gasteiger partial charge < -0.3 is 20.5 Å². The zero-order chi connectivity index (χ0) is 18.1. The van der Waals surface area contributed by atoms with E-state index in [0.29, 0.717) is 24.1 Å². The van der Waals surface area contributed by atoms with Crippen LogP contribution in [0.15, 0.2) is 30.6 Å². The average molecular weight is 351 g/mol. The largest absolute Gasteiger partial charge is 0.365 e. The van der Waals surface area contributed by atoms with Crippen LogP contribution in [0.2, 0.25) is 0 Å². The molecular formula is C18H21N7O. The van der Waals surface area contributed by atoms with Crippen LogP contribution in [0.3, 0.4) is 0 Å². The predicted molar refractivity (Wildman–Crippen MR) is 102 cm³/mol. The number of carbonyl (C=O) groups excluding carboxylic acids is 1. The van der Waals surface area contributed by atoms with E-state index in [2.05, 4.69) is 30.6 Å². The number of benzene rings is 1. The minimum Gasteiger partial charge on any atom is -0.365 e. The van der Waals surface area contributed by atoms with Crippen LogP contribution in [0.25, 0.3) is 11.2 Å². The van der Waals surface area contributed by atoms with Crippen LogP contribution in [-0.4, -0.2) is 38.9 Å². The Bertz CT molecular complexity index is 930. The standard InChI is InChI=1S/C18H21N7O/c1-3-14(26)25(2)13-8-6-12(7-9-13)22-18-23-16-15(19-10-20-16)17(24-18)21-11-4-5-11/h6-11H,3-5H2,1-2H3,(H3,19,20,21,22,23,24). The SMILES string of the molecule is CCC(=O)N(C)c1ccc(Nc2nc(NC3CC3)c3[nH]cnc3n2)cc1. The molecule has 4 rings (SSSR count). The van der Waals surface area contributed by atoms with Gasteiger partial charge in [-0.3, -0.25) is 4.79 Å². The van der Waals surface area contributed by atoms with Crippen LogP contribution in [0, 0.1) is 0 Å². The molecule has 8 nitrogen and oxygen atoms in total. The first-order valence-electron chi connectivity index (χ1n) is 8.75. The van der Waals surface area contributed by atoms with E-state index in [0.717, 1.165) is 35.6 Å². The average Bonchev–Trinajstić information content (AvgIpc) is 3.34. The number of amides is 1. The highest BCUT2D eigenvalue weighted by atomic mass is 16.2. The van der Waals surface area contributed by atoms with E-state index in [1.807, 2.05) is 31.2 Å². The maximum absolute atomic E-state index is 11.8. The fraction of sp³-hybridized carbons (Fsp3) is 0.333. The van der Waals surface area contributed by atoms with Gasteiger partial charge >= 0.3 is 0 Å². The molecule has 1 aliphatic rings. The Kier molecular flexibility index (Phi) is 4.16. The highest BCUT2D eigenvalue weighted by Crippen LogP contribution is 2.28. The number of aromatic nitrogens is 4. The molecule has 3 aromatic rings. The molecule has 0 saturated heterocycles. The minimum absolute atomic E-state index is 0.0776. The molecule has 1 amide bonds. The third kappa shape index (κ3) is 3.30. The zero-order valence-electron chi connectivity index (χ0n) is 14.8. The maximum atomic E-state index is 11.8. The van der Waals surface area contributed by atoms with E-state index in [1.54, 1.807) is 18.3 Å². The Hall–Kier alpha value is -3.16. The van der Waals surface area contributed by atoms with Gasteiger partial charge in [0.05, 0.1) is 6.33 Å². The molecule has 0 unspecified atom stereocenters. The number of carbonyl (C=O) groups is 1. The molecule has 26 heavy (non-hydrogen) atoms. The van der Waals surface area contributed by atoms with Crippen molar-refractivity contribution in [1.29, 1.82) is 0 Å². The van der Waals surface area contributed by atoms with Crippen molar-refractivity contribution in [2.45, 2.75) is 32.2 Å². The highest BCUT2D eigenvalue weighted by molar-refractivity contribution is 5.92. The summed E-state index contributed by atoms with van der Waals surface area (Å²) in [5.41, 5.74) is 3.13. The molecule has 0 radical (unpaired) electrons. The molecule has 2 heterocycles. The second kappa shape index (κ2) is 6.62. The lowest BCUT2D eigenvalue weighted by Crippen LogP contribution is -2.24. The van der Waals surface area contributed by atoms with E-state index in [-0.39, 0.29) is 5.91 Å². The molecule has 1 saturated carbocycles. The lowest BCUT2D eigenvalue weighted by Gasteiger charge is -2.17. The van der Waals surface area contributed by atoms with Crippen molar-refractivity contribution in [3.63, 3.8) is 0 Å². The van der Waals surface area contributed by atoms with Crippen molar-refractivity contribution in [2.75, 3.05) is 22.6 Å². The van der Waals surface area contributed by atoms with Gasteiger partial charge in [-0.25, -0.2) is 4.98 Å². The first-order chi connectivity index (χ1) is 12.6. The normalized spacial score (nSPS) is 13.6. The maximum Gasteiger partial charge on any atom is 0.231 e. The van der Waals surface area contributed by atoms with Crippen molar-refractivity contribution >= 4 is 40.2 Å². The monoisotopic (exact) mass is 351 g/mol. The Labute approximate surface area is 151 Å². The number of aromatic amines is 1. The smallest absolute Gasteiger partial charge is 0.231 e. The van der Waals surface area contributed by atoms with Crippen molar-refractivity contribution in [2.24, 2.45) is 0 Å². The van der Waals surface area contributed by atoms with E-state index in [1.165, 1.54) is 0 Å². The van der Waals surface area contributed by atoms with Gasteiger partial charge in [0.25, 0.3) is 0 Å². The summed E-state index contributed by atoms with van der Waals surface area (Å²) < 4.78 is 0. The summed E-state index contributed by atoms with van der Waals surface area (Å²) in [7, 11) is 1.78. The zero-order valence-corrected chi connectivity index (χ0v) is 14.8. The molecule has 0 spiro atoms. The Morgan fingerprint density at radius 1 is 1.27 bits per heavy atom. The molecule has 0 aliphatic heterocycles. The predicted octanol–water partition coefficient (Wildman–Crippen LogP) is 3.04. The fourth-order valence-electron chi connectivity index (χ4n) is 2.69. The van der Waals surface area contributed by atoms with Crippen molar-refractivity contribution in [3.05, 3.63) is 30.6 Å². The van der Waals surface area contributed by atoms with Gasteiger partial charge in [-0.15, -0.1) is 0 Å². The van der Waals surface area contributed by atoms with Crippen LogP contribution in [0.5, 0.6) is 0 Å². The van der Waals surface area contributed by atoms with Crippen LogP contribution in [0.1, 0.15) is 26.2 Å². The molecule has 1 fully saturated rings. The second-order valence-electron chi connectivity index (χ2n) is 6.39. The van der Waals surface area contributed by atoms with Crippen molar-refractivity contribution in [1.82, 2.24) is 19.9 Å². The minimum atomic E-state index is 0.0776. The molecule has 134 valence electrons. The topological polar surface area (TPSA) is 98.8 Å². The van der Waals surface area contributed by atoms with E-state index >= 15 is 0 Å². The number of imidazole rings is 1. The Balaban J connectivity index is 1.55. The van der Waals surface area contributed by atoms with Gasteiger partial charge in [-0.05, 0) is 37.1 Å². The summed E-state index contributed by atoms with van der Waals surface area (Å²) >= 11 is 0. The summed E-state index contributed by atoms with van der Waals surface area (Å²) in [6.07, 6.45) is 4.42. The summed E-state index contributed by atoms with van der Waals surface area (Å²) in [4.78, 5) is 29.8. The number of H-pyrrole nitrogens is 1. The summed E-state index contributed by atoms with van der Waals surface area (Å²) in [5.74, 6) is 1.33. The number of fused-ring (bicyclic) bond motifs is 1. The van der Waals surface area contributed by atoms with Gasteiger partial charge in [0.2, 0.25) is 11.9 Å². The molecule has 2 aromatic heterocycles. The van der Waals surface area contributed by atoms with Crippen molar-refractivity contribution < 1.29 is 4.79 Å². The number of anilines is 4. The highest BCUT2D eigenvalue weighted by Gasteiger charge is 2.23. The van der Waals surface area contributed by atoms with E-state index in [9.17, 15) is 4.79 Å². The van der Waals surface area contributed by atoms with Crippen LogP contribution in [-0.2, 0) is 4.79 Å². The lowest BCUT2D eigenvalue weighted by atomic mass is 10.2. The second-order valence-corrected chi connectivity index (χ2v) is 6.39. The van der Waals surface area contributed by atoms with E-state index in [4.69, 9.17) is 0 Å². The Morgan fingerprint density at radius 2 is 2.04 bits per heavy atom. The number of nitrogens with one attached hydrogen (secondary N) is 3. The Morgan fingerprint density at radius 3 is 2.73 bits per heavy atom. The number of hydrogen-bond acceptors (Lipinski definition) is 6. The molecule has 1 aliphatic carbocycles. The summed E-state index contributed by atoms with van der Waals surface area (Å²) in [6.45, 7) is 1.85. The van der Waals surface area contributed by atoms with Crippen LogP contribution >= 0.6 is 0 Å². The molecule has 3 N–H and O–H groups in total. The first kappa shape index (κ1) is 16.3. The van der Waals surface area contributed by atoms with Gasteiger partial charge in [0.15, 0.2) is 11.5 Å². The summed E-state index contributed by atoms with van der Waals surface area (Å²) in [5, 5.41) is 6.62. The first-order valence-corrected chi connectivity index (χ1v) is 8.75. The number of hydrogen-bond donors (Lipinski definition) is 3. The molecule has 1 aromatic carbocycles. The van der Waals surface area contributed by atoms with Crippen molar-refractivity contribution in [3.8, 4) is 0 Å². The van der Waals surface area contributed by atoms with E-state index < -0.39 is 0 Å². The van der Waals surface area contributed by atoms with Gasteiger partial charge in [-0.1, -0.05) is 6.92 Å².